The highest BCUT2D eigenvalue weighted by Gasteiger charge is 2.92. The van der Waals surface area contributed by atoms with Crippen molar-refractivity contribution in [3.8, 4) is 0 Å². The molecule has 5 unspecified atom stereocenters. The van der Waals surface area contributed by atoms with Gasteiger partial charge in [0.25, 0.3) is 0 Å². The van der Waals surface area contributed by atoms with Gasteiger partial charge in [-0.3, -0.25) is 14.4 Å². The van der Waals surface area contributed by atoms with Gasteiger partial charge in [0.2, 0.25) is 5.79 Å². The van der Waals surface area contributed by atoms with Crippen molar-refractivity contribution in [2.75, 3.05) is 0 Å². The first kappa shape index (κ1) is 22.8. The Hall–Kier alpha value is -2.14. The minimum absolute atomic E-state index is 0.120. The van der Waals surface area contributed by atoms with Crippen molar-refractivity contribution >= 4 is 23.5 Å². The SMILES string of the molecule is C[C@]12CC(=O)O[C@H](C1)[C@]1(C)OC(=O)[C@]3(O)CCC4C(CC5OC56CC=CC(=O)[C@]46C)[C@@]4(O)O[C@]31C2C4=O. The number of hydrogen-bond acceptors (Lipinski definition) is 10. The number of aliphatic hydroxyl groups is 2. The van der Waals surface area contributed by atoms with Crippen LogP contribution in [-0.4, -0.2) is 74.1 Å². The van der Waals surface area contributed by atoms with Gasteiger partial charge < -0.3 is 29.2 Å². The van der Waals surface area contributed by atoms with Gasteiger partial charge in [-0.2, -0.15) is 0 Å². The van der Waals surface area contributed by atoms with Gasteiger partial charge in [-0.05, 0) is 63.4 Å². The summed E-state index contributed by atoms with van der Waals surface area (Å²) in [5.41, 5.74) is -8.79. The summed E-state index contributed by atoms with van der Waals surface area (Å²) < 4.78 is 24.2. The highest BCUT2D eigenvalue weighted by Crippen LogP contribution is 2.75. The predicted octanol–water partition coefficient (Wildman–Crippen LogP) is 0.504. The molecule has 2 N–H and O–H groups in total. The van der Waals surface area contributed by atoms with Crippen molar-refractivity contribution in [2.24, 2.45) is 28.6 Å². The van der Waals surface area contributed by atoms with Crippen LogP contribution >= 0.6 is 0 Å². The van der Waals surface area contributed by atoms with E-state index in [1.165, 1.54) is 13.0 Å². The van der Waals surface area contributed by atoms with E-state index in [-0.39, 0.29) is 37.6 Å². The molecule has 0 aromatic carbocycles. The number of carbonyl (C=O) groups is 4. The summed E-state index contributed by atoms with van der Waals surface area (Å²) in [6, 6.07) is 0. The summed E-state index contributed by atoms with van der Waals surface area (Å²) >= 11 is 0. The molecule has 10 heteroatoms. The van der Waals surface area contributed by atoms with Crippen LogP contribution in [-0.2, 0) is 38.1 Å². The molecule has 5 heterocycles. The smallest absolute Gasteiger partial charge is 0.342 e. The fourth-order valence-electron chi connectivity index (χ4n) is 10.2. The summed E-state index contributed by atoms with van der Waals surface area (Å²) in [6.45, 7) is 5.10. The van der Waals surface area contributed by atoms with Crippen molar-refractivity contribution in [3.63, 3.8) is 0 Å². The third-order valence-electron chi connectivity index (χ3n) is 12.0. The average Bonchev–Trinajstić information content (AvgIpc) is 3.41. The van der Waals surface area contributed by atoms with E-state index in [1.807, 2.05) is 6.92 Å². The molecule has 0 aromatic heterocycles. The molecular formula is C27H30O10. The van der Waals surface area contributed by atoms with Crippen LogP contribution in [0.1, 0.15) is 59.3 Å². The van der Waals surface area contributed by atoms with Gasteiger partial charge in [-0.25, -0.2) is 4.79 Å². The minimum Gasteiger partial charge on any atom is -0.458 e. The van der Waals surface area contributed by atoms with Gasteiger partial charge in [0.05, 0.1) is 23.9 Å². The topological polar surface area (TPSA) is 149 Å². The Bertz CT molecular complexity index is 1280. The second kappa shape index (κ2) is 5.88. The first-order valence-electron chi connectivity index (χ1n) is 13.2. The lowest BCUT2D eigenvalue weighted by molar-refractivity contribution is -0.345. The zero-order valence-electron chi connectivity index (χ0n) is 20.9. The minimum atomic E-state index is -2.41. The predicted molar refractivity (Wildman–Crippen MR) is 119 cm³/mol. The Balaban J connectivity index is 1.38. The first-order valence-corrected chi connectivity index (χ1v) is 13.2. The Morgan fingerprint density at radius 3 is 2.54 bits per heavy atom. The molecule has 37 heavy (non-hydrogen) atoms. The molecule has 8 aliphatic rings. The molecule has 7 fully saturated rings. The van der Waals surface area contributed by atoms with Crippen molar-refractivity contribution in [1.82, 2.24) is 0 Å². The van der Waals surface area contributed by atoms with E-state index in [4.69, 9.17) is 18.9 Å². The summed E-state index contributed by atoms with van der Waals surface area (Å²) in [5.74, 6) is -7.36. The van der Waals surface area contributed by atoms with E-state index in [0.717, 1.165) is 0 Å². The van der Waals surface area contributed by atoms with Gasteiger partial charge in [-0.1, -0.05) is 13.0 Å². The maximum atomic E-state index is 14.5. The molecule has 5 aliphatic heterocycles. The van der Waals surface area contributed by atoms with Crippen LogP contribution in [0, 0.1) is 28.6 Å². The first-order chi connectivity index (χ1) is 17.2. The molecular weight excluding hydrogens is 484 g/mol. The third kappa shape index (κ3) is 1.98. The van der Waals surface area contributed by atoms with E-state index < -0.39 is 80.6 Å². The summed E-state index contributed by atoms with van der Waals surface area (Å²) in [7, 11) is 0. The largest absolute Gasteiger partial charge is 0.458 e. The van der Waals surface area contributed by atoms with Gasteiger partial charge in [0.15, 0.2) is 28.4 Å². The van der Waals surface area contributed by atoms with E-state index in [1.54, 1.807) is 13.0 Å². The number of ketones is 2. The van der Waals surface area contributed by atoms with Gasteiger partial charge in [0, 0.05) is 5.92 Å². The zero-order chi connectivity index (χ0) is 26.2. The number of rotatable bonds is 0. The van der Waals surface area contributed by atoms with Gasteiger partial charge in [-0.15, -0.1) is 0 Å². The lowest BCUT2D eigenvalue weighted by atomic mass is 9.48. The number of hydrogen-bond donors (Lipinski definition) is 2. The average molecular weight is 515 g/mol. The van der Waals surface area contributed by atoms with Crippen molar-refractivity contribution in [3.05, 3.63) is 12.2 Å². The molecule has 8 rings (SSSR count). The van der Waals surface area contributed by atoms with E-state index in [0.29, 0.717) is 12.8 Å². The molecule has 2 spiro atoms. The van der Waals surface area contributed by atoms with Crippen LogP contribution < -0.4 is 0 Å². The number of esters is 2. The van der Waals surface area contributed by atoms with Crippen LogP contribution in [0.5, 0.6) is 0 Å². The Morgan fingerprint density at radius 1 is 1.03 bits per heavy atom. The van der Waals surface area contributed by atoms with Crippen molar-refractivity contribution < 1.29 is 48.3 Å². The highest BCUT2D eigenvalue weighted by atomic mass is 16.7. The quantitative estimate of drug-likeness (QED) is 0.346. The van der Waals surface area contributed by atoms with E-state index >= 15 is 0 Å². The van der Waals surface area contributed by atoms with Crippen LogP contribution in [0.15, 0.2) is 12.2 Å². The lowest BCUT2D eigenvalue weighted by Gasteiger charge is -2.60. The Kier molecular flexibility index (Phi) is 3.62. The highest BCUT2D eigenvalue weighted by molar-refractivity contribution is 6.00. The van der Waals surface area contributed by atoms with Gasteiger partial charge >= 0.3 is 11.9 Å². The maximum absolute atomic E-state index is 14.5. The molecule has 12 atom stereocenters. The molecule has 0 aromatic rings. The monoisotopic (exact) mass is 514 g/mol. The van der Waals surface area contributed by atoms with Crippen LogP contribution in [0.2, 0.25) is 0 Å². The number of ether oxygens (including phenoxy) is 4. The number of fused-ring (bicyclic) bond motifs is 8. The van der Waals surface area contributed by atoms with E-state index in [9.17, 15) is 29.4 Å². The maximum Gasteiger partial charge on any atom is 0.342 e. The van der Waals surface area contributed by atoms with Crippen LogP contribution in [0.4, 0.5) is 0 Å². The second-order valence-electron chi connectivity index (χ2n) is 13.4. The number of epoxide rings is 1. The number of allylic oxidation sites excluding steroid dienone is 1. The van der Waals surface area contributed by atoms with Gasteiger partial charge in [0.1, 0.15) is 11.7 Å². The molecule has 0 radical (unpaired) electrons. The Labute approximate surface area is 212 Å². The molecule has 5 saturated heterocycles. The zero-order valence-corrected chi connectivity index (χ0v) is 20.9. The van der Waals surface area contributed by atoms with Crippen LogP contribution in [0.25, 0.3) is 0 Å². The molecule has 198 valence electrons. The van der Waals surface area contributed by atoms with Crippen LogP contribution in [0.3, 0.4) is 0 Å². The number of Topliss-reactive ketones (excluding diaryl/α,β-unsaturated/α-hetero) is 1. The standard InChI is InChI=1S/C27H30O10/c1-21-10-16(34-17(29)11-21)23(3)27-18(21)19(30)26(33,37-27)13-9-15-25(35-15)7-4-5-14(28)22(25,2)12(13)6-8-24(27,32)20(31)36-23/h4-5,12-13,15-16,18,32-33H,6-11H2,1-3H3/t12?,13?,15?,16-,18?,21-,22+,23+,24-,25?,26-,27+/m1/s1. The molecule has 4 bridgehead atoms. The summed E-state index contributed by atoms with van der Waals surface area (Å²) in [5, 5.41) is 24.6. The molecule has 0 amide bonds. The fourth-order valence-corrected chi connectivity index (χ4v) is 10.2. The molecule has 10 nitrogen and oxygen atoms in total. The third-order valence-corrected chi connectivity index (χ3v) is 12.0. The normalized spacial score (nSPS) is 62.4. The van der Waals surface area contributed by atoms with E-state index in [2.05, 4.69) is 0 Å². The molecule has 3 aliphatic carbocycles. The lowest BCUT2D eigenvalue weighted by Crippen LogP contribution is -2.77. The fraction of sp³-hybridized carbons (Fsp3) is 0.778. The summed E-state index contributed by atoms with van der Waals surface area (Å²) in [4.78, 5) is 54.3. The van der Waals surface area contributed by atoms with Crippen molar-refractivity contribution in [1.29, 1.82) is 0 Å². The summed E-state index contributed by atoms with van der Waals surface area (Å²) in [6.07, 6.45) is 3.02. The second-order valence-corrected chi connectivity index (χ2v) is 13.4. The Morgan fingerprint density at radius 2 is 1.78 bits per heavy atom. The molecule has 2 saturated carbocycles. The van der Waals surface area contributed by atoms with Crippen molar-refractivity contribution in [2.45, 2.75) is 99.7 Å². The number of carbonyl (C=O) groups excluding carboxylic acids is 4.